The third kappa shape index (κ3) is 3.67. The fourth-order valence-electron chi connectivity index (χ4n) is 3.59. The molecule has 0 spiro atoms. The molecule has 144 valence electrons. The average Bonchev–Trinajstić information content (AvgIpc) is 3.12. The lowest BCUT2D eigenvalue weighted by molar-refractivity contribution is 0.0469. The minimum absolute atomic E-state index is 0.127. The molecule has 4 rings (SSSR count). The lowest BCUT2D eigenvalue weighted by Gasteiger charge is -2.23. The Morgan fingerprint density at radius 1 is 1.21 bits per heavy atom. The van der Waals surface area contributed by atoms with Crippen molar-refractivity contribution in [2.45, 2.75) is 32.4 Å². The summed E-state index contributed by atoms with van der Waals surface area (Å²) in [6.45, 7) is 2.94. The van der Waals surface area contributed by atoms with Crippen LogP contribution in [0.25, 0.3) is 10.9 Å². The summed E-state index contributed by atoms with van der Waals surface area (Å²) in [5.74, 6) is -1.97. The number of rotatable bonds is 4. The van der Waals surface area contributed by atoms with E-state index in [0.717, 1.165) is 48.1 Å². The van der Waals surface area contributed by atoms with E-state index in [-0.39, 0.29) is 12.2 Å². The Morgan fingerprint density at radius 3 is 2.82 bits per heavy atom. The van der Waals surface area contributed by atoms with Crippen LogP contribution in [0.4, 0.5) is 14.5 Å². The number of pyridine rings is 1. The summed E-state index contributed by atoms with van der Waals surface area (Å²) in [5.41, 5.74) is 2.32. The van der Waals surface area contributed by atoms with Crippen LogP contribution in [0, 0.1) is 11.6 Å². The van der Waals surface area contributed by atoms with E-state index in [1.807, 2.05) is 12.3 Å². The molecule has 28 heavy (non-hydrogen) atoms. The third-order valence-electron chi connectivity index (χ3n) is 5.16. The van der Waals surface area contributed by atoms with Crippen molar-refractivity contribution in [2.75, 3.05) is 11.4 Å². The van der Waals surface area contributed by atoms with Gasteiger partial charge in [0.05, 0.1) is 23.0 Å². The van der Waals surface area contributed by atoms with E-state index < -0.39 is 17.6 Å². The monoisotopic (exact) mass is 382 g/mol. The van der Waals surface area contributed by atoms with E-state index in [1.54, 1.807) is 18.2 Å². The average molecular weight is 382 g/mol. The SMILES string of the molecule is C[C@H]1CCCN1c1cnc2ccc(C(=O)OCc3ccc(F)cc3F)cc2c1. The number of aromatic nitrogens is 1. The second kappa shape index (κ2) is 7.54. The standard InChI is InChI=1S/C22H20F2N2O2/c1-14-3-2-8-26(14)19-10-17-9-15(5-7-21(17)25-12-19)22(27)28-13-16-4-6-18(23)11-20(16)24/h4-7,9-12,14H,2-3,8,13H2,1H3/t14-/m0/s1. The number of carbonyl (C=O) groups excluding carboxylic acids is 1. The van der Waals surface area contributed by atoms with Crippen LogP contribution in [0.15, 0.2) is 48.7 Å². The number of hydrogen-bond acceptors (Lipinski definition) is 4. The molecule has 0 bridgehead atoms. The number of halogens is 2. The second-order valence-electron chi connectivity index (χ2n) is 7.10. The van der Waals surface area contributed by atoms with Crippen molar-refractivity contribution in [3.8, 4) is 0 Å². The summed E-state index contributed by atoms with van der Waals surface area (Å²) < 4.78 is 31.9. The van der Waals surface area contributed by atoms with Gasteiger partial charge in [0.2, 0.25) is 0 Å². The number of anilines is 1. The van der Waals surface area contributed by atoms with Crippen molar-refractivity contribution < 1.29 is 18.3 Å². The van der Waals surface area contributed by atoms with Crippen LogP contribution in [0.5, 0.6) is 0 Å². The molecule has 0 saturated carbocycles. The van der Waals surface area contributed by atoms with Gasteiger partial charge in [0.15, 0.2) is 0 Å². The van der Waals surface area contributed by atoms with Gasteiger partial charge in [0, 0.05) is 29.6 Å². The quantitative estimate of drug-likeness (QED) is 0.605. The van der Waals surface area contributed by atoms with E-state index >= 15 is 0 Å². The first-order chi connectivity index (χ1) is 13.5. The number of ether oxygens (including phenoxy) is 1. The zero-order valence-electron chi connectivity index (χ0n) is 15.5. The highest BCUT2D eigenvalue weighted by Crippen LogP contribution is 2.27. The fraction of sp³-hybridized carbons (Fsp3) is 0.273. The predicted molar refractivity (Wildman–Crippen MR) is 103 cm³/mol. The summed E-state index contributed by atoms with van der Waals surface area (Å²) in [6.07, 6.45) is 4.18. The van der Waals surface area contributed by atoms with Gasteiger partial charge in [-0.05, 0) is 56.2 Å². The number of hydrogen-bond donors (Lipinski definition) is 0. The van der Waals surface area contributed by atoms with Gasteiger partial charge >= 0.3 is 5.97 Å². The first kappa shape index (κ1) is 18.3. The van der Waals surface area contributed by atoms with Gasteiger partial charge in [-0.15, -0.1) is 0 Å². The minimum atomic E-state index is -0.736. The van der Waals surface area contributed by atoms with Crippen molar-refractivity contribution in [3.63, 3.8) is 0 Å². The number of fused-ring (bicyclic) bond motifs is 1. The largest absolute Gasteiger partial charge is 0.457 e. The number of esters is 1. The maximum absolute atomic E-state index is 13.7. The first-order valence-corrected chi connectivity index (χ1v) is 9.29. The van der Waals surface area contributed by atoms with E-state index in [2.05, 4.69) is 16.8 Å². The Labute approximate surface area is 161 Å². The summed E-state index contributed by atoms with van der Waals surface area (Å²) in [7, 11) is 0. The smallest absolute Gasteiger partial charge is 0.338 e. The molecule has 0 unspecified atom stereocenters. The molecular formula is C22H20F2N2O2. The summed E-state index contributed by atoms with van der Waals surface area (Å²) in [4.78, 5) is 19.2. The Bertz CT molecular complexity index is 1040. The summed E-state index contributed by atoms with van der Waals surface area (Å²) in [6, 6.07) is 10.8. The van der Waals surface area contributed by atoms with Gasteiger partial charge in [-0.3, -0.25) is 4.98 Å². The lowest BCUT2D eigenvalue weighted by Crippen LogP contribution is -2.26. The highest BCUT2D eigenvalue weighted by atomic mass is 19.1. The summed E-state index contributed by atoms with van der Waals surface area (Å²) >= 11 is 0. The van der Waals surface area contributed by atoms with Gasteiger partial charge in [-0.2, -0.15) is 0 Å². The number of benzene rings is 2. The van der Waals surface area contributed by atoms with Crippen LogP contribution in [0.1, 0.15) is 35.7 Å². The van der Waals surface area contributed by atoms with E-state index in [0.29, 0.717) is 11.6 Å². The molecule has 0 aliphatic carbocycles. The normalized spacial score (nSPS) is 16.5. The van der Waals surface area contributed by atoms with Gasteiger partial charge in [0.1, 0.15) is 18.2 Å². The van der Waals surface area contributed by atoms with E-state index in [4.69, 9.17) is 4.74 Å². The molecule has 1 atom stereocenters. The maximum atomic E-state index is 13.7. The Kier molecular flexibility index (Phi) is 4.94. The van der Waals surface area contributed by atoms with E-state index in [1.165, 1.54) is 6.07 Å². The van der Waals surface area contributed by atoms with Gasteiger partial charge < -0.3 is 9.64 Å². The van der Waals surface area contributed by atoms with Crippen molar-refractivity contribution >= 4 is 22.6 Å². The molecule has 1 aromatic heterocycles. The van der Waals surface area contributed by atoms with Crippen molar-refractivity contribution in [2.24, 2.45) is 0 Å². The van der Waals surface area contributed by atoms with Crippen LogP contribution < -0.4 is 4.90 Å². The molecule has 0 amide bonds. The molecule has 1 aliphatic rings. The Balaban J connectivity index is 1.53. The zero-order valence-corrected chi connectivity index (χ0v) is 15.5. The molecule has 0 radical (unpaired) electrons. The fourth-order valence-corrected chi connectivity index (χ4v) is 3.59. The molecule has 2 aromatic carbocycles. The Morgan fingerprint density at radius 2 is 2.07 bits per heavy atom. The molecule has 2 heterocycles. The summed E-state index contributed by atoms with van der Waals surface area (Å²) in [5, 5.41) is 0.846. The third-order valence-corrected chi connectivity index (χ3v) is 5.16. The lowest BCUT2D eigenvalue weighted by atomic mass is 10.1. The zero-order chi connectivity index (χ0) is 19.7. The molecule has 1 saturated heterocycles. The molecule has 1 fully saturated rings. The van der Waals surface area contributed by atoms with Gasteiger partial charge in [0.25, 0.3) is 0 Å². The number of carbonyl (C=O) groups is 1. The van der Waals surface area contributed by atoms with Crippen LogP contribution >= 0.6 is 0 Å². The first-order valence-electron chi connectivity index (χ1n) is 9.29. The molecule has 4 nitrogen and oxygen atoms in total. The van der Waals surface area contributed by atoms with Crippen LogP contribution in [0.3, 0.4) is 0 Å². The van der Waals surface area contributed by atoms with Gasteiger partial charge in [-0.25, -0.2) is 13.6 Å². The van der Waals surface area contributed by atoms with E-state index in [9.17, 15) is 13.6 Å². The minimum Gasteiger partial charge on any atom is -0.457 e. The molecule has 6 heteroatoms. The van der Waals surface area contributed by atoms with Crippen LogP contribution in [-0.4, -0.2) is 23.5 Å². The van der Waals surface area contributed by atoms with Gasteiger partial charge in [-0.1, -0.05) is 0 Å². The molecule has 1 aliphatic heterocycles. The maximum Gasteiger partial charge on any atom is 0.338 e. The van der Waals surface area contributed by atoms with Crippen LogP contribution in [-0.2, 0) is 11.3 Å². The number of nitrogens with zero attached hydrogens (tertiary/aromatic N) is 2. The second-order valence-corrected chi connectivity index (χ2v) is 7.10. The predicted octanol–water partition coefficient (Wildman–Crippen LogP) is 4.86. The van der Waals surface area contributed by atoms with Crippen LogP contribution in [0.2, 0.25) is 0 Å². The van der Waals surface area contributed by atoms with Crippen molar-refractivity contribution in [3.05, 3.63) is 71.4 Å². The Hall–Kier alpha value is -3.02. The highest BCUT2D eigenvalue weighted by Gasteiger charge is 2.21. The van der Waals surface area contributed by atoms with Crippen molar-refractivity contribution in [1.82, 2.24) is 4.98 Å². The topological polar surface area (TPSA) is 42.4 Å². The molecular weight excluding hydrogens is 362 g/mol. The molecule has 0 N–H and O–H groups in total. The molecule has 3 aromatic rings. The van der Waals surface area contributed by atoms with Crippen molar-refractivity contribution in [1.29, 1.82) is 0 Å². The highest BCUT2D eigenvalue weighted by molar-refractivity contribution is 5.95.